The maximum atomic E-state index is 12.8. The maximum Gasteiger partial charge on any atom is 0.270 e. The molecular weight excluding hydrogens is 288 g/mol. The fourth-order valence-electron chi connectivity index (χ4n) is 3.41. The van der Waals surface area contributed by atoms with Crippen molar-refractivity contribution in [2.75, 3.05) is 13.1 Å². The molecule has 2 aromatic heterocycles. The minimum absolute atomic E-state index is 0.0867. The average Bonchev–Trinajstić information content (AvgIpc) is 3.23. The number of rotatable bonds is 2. The first-order valence-electron chi connectivity index (χ1n) is 8.07. The molecule has 3 aromatic rings. The van der Waals surface area contributed by atoms with Crippen LogP contribution < -0.4 is 0 Å². The molecule has 0 aliphatic carbocycles. The molecular formula is C18H20N4O. The van der Waals surface area contributed by atoms with Crippen LogP contribution in [0.2, 0.25) is 0 Å². The number of hydrogen-bond acceptors (Lipinski definition) is 2. The summed E-state index contributed by atoms with van der Waals surface area (Å²) in [4.78, 5) is 22.2. The largest absolute Gasteiger partial charge is 0.351 e. The number of aryl methyl sites for hydroxylation is 1. The minimum atomic E-state index is 0.0867. The smallest absolute Gasteiger partial charge is 0.270 e. The van der Waals surface area contributed by atoms with E-state index >= 15 is 0 Å². The number of amides is 1. The summed E-state index contributed by atoms with van der Waals surface area (Å²) in [6.45, 7) is 3.62. The predicted molar refractivity (Wildman–Crippen MR) is 89.4 cm³/mol. The van der Waals surface area contributed by atoms with Crippen molar-refractivity contribution in [1.82, 2.24) is 19.4 Å². The Balaban J connectivity index is 1.57. The summed E-state index contributed by atoms with van der Waals surface area (Å²) in [6.07, 6.45) is 7.72. The first-order valence-corrected chi connectivity index (χ1v) is 8.07. The first kappa shape index (κ1) is 14.1. The molecule has 1 atom stereocenters. The average molecular weight is 308 g/mol. The number of carbonyl (C=O) groups excluding carboxylic acids is 1. The fourth-order valence-corrected chi connectivity index (χ4v) is 3.41. The molecule has 1 N–H and O–H groups in total. The van der Waals surface area contributed by atoms with Crippen molar-refractivity contribution in [2.24, 2.45) is 0 Å². The maximum absolute atomic E-state index is 12.8. The van der Waals surface area contributed by atoms with Crippen molar-refractivity contribution in [3.05, 3.63) is 54.2 Å². The van der Waals surface area contributed by atoms with Crippen LogP contribution in [0.5, 0.6) is 0 Å². The number of carbonyl (C=O) groups is 1. The molecule has 1 aliphatic rings. The fraction of sp³-hybridized carbons (Fsp3) is 0.333. The van der Waals surface area contributed by atoms with Gasteiger partial charge in [0, 0.05) is 36.4 Å². The molecule has 118 valence electrons. The Morgan fingerprint density at radius 2 is 2.26 bits per heavy atom. The number of nitrogens with one attached hydrogen (secondary N) is 1. The number of fused-ring (bicyclic) bond motifs is 1. The third kappa shape index (κ3) is 2.63. The topological polar surface area (TPSA) is 53.9 Å². The van der Waals surface area contributed by atoms with Gasteiger partial charge < -0.3 is 14.5 Å². The summed E-state index contributed by atoms with van der Waals surface area (Å²) >= 11 is 0. The Bertz CT molecular complexity index is 834. The van der Waals surface area contributed by atoms with E-state index < -0.39 is 0 Å². The summed E-state index contributed by atoms with van der Waals surface area (Å²) in [5, 5.41) is 1.09. The second-order valence-corrected chi connectivity index (χ2v) is 6.33. The van der Waals surface area contributed by atoms with Crippen LogP contribution in [0.4, 0.5) is 0 Å². The van der Waals surface area contributed by atoms with Crippen LogP contribution in [0.25, 0.3) is 10.9 Å². The zero-order chi connectivity index (χ0) is 15.8. The number of likely N-dealkylation sites (tertiary alicyclic amines) is 1. The van der Waals surface area contributed by atoms with E-state index in [0.717, 1.165) is 36.8 Å². The Morgan fingerprint density at radius 1 is 1.35 bits per heavy atom. The van der Waals surface area contributed by atoms with Crippen molar-refractivity contribution in [1.29, 1.82) is 0 Å². The molecule has 1 amide bonds. The molecule has 0 spiro atoms. The lowest BCUT2D eigenvalue weighted by molar-refractivity contribution is 0.0674. The van der Waals surface area contributed by atoms with Crippen LogP contribution in [-0.4, -0.2) is 38.4 Å². The molecule has 5 nitrogen and oxygen atoms in total. The van der Waals surface area contributed by atoms with E-state index in [4.69, 9.17) is 0 Å². The van der Waals surface area contributed by atoms with Gasteiger partial charge in [-0.3, -0.25) is 4.79 Å². The number of imidazole rings is 1. The summed E-state index contributed by atoms with van der Waals surface area (Å²) in [7, 11) is 0. The number of nitrogens with zero attached hydrogens (tertiary/aromatic N) is 3. The molecule has 4 rings (SSSR count). The Labute approximate surface area is 134 Å². The van der Waals surface area contributed by atoms with E-state index in [-0.39, 0.29) is 5.91 Å². The molecule has 1 fully saturated rings. The van der Waals surface area contributed by atoms with Gasteiger partial charge in [-0.15, -0.1) is 0 Å². The van der Waals surface area contributed by atoms with Gasteiger partial charge in [0.1, 0.15) is 5.69 Å². The molecule has 1 saturated heterocycles. The van der Waals surface area contributed by atoms with Gasteiger partial charge in [0.15, 0.2) is 0 Å². The number of hydrogen-bond donors (Lipinski definition) is 1. The van der Waals surface area contributed by atoms with E-state index in [1.165, 1.54) is 5.56 Å². The molecule has 0 saturated carbocycles. The highest BCUT2D eigenvalue weighted by atomic mass is 16.2. The summed E-state index contributed by atoms with van der Waals surface area (Å²) in [5.41, 5.74) is 2.90. The lowest BCUT2D eigenvalue weighted by Crippen LogP contribution is -2.40. The highest BCUT2D eigenvalue weighted by Gasteiger charge is 2.26. The standard InChI is InChI=1S/C18H20N4O/c1-13-4-5-16-14(9-13)10-17(20-16)18(23)21-7-2-3-15(11-21)22-8-6-19-12-22/h4-6,8-10,12,15,20H,2-3,7,11H2,1H3/t15-/m1/s1. The van der Waals surface area contributed by atoms with Gasteiger partial charge in [-0.1, -0.05) is 11.6 Å². The Kier molecular flexibility index (Phi) is 3.41. The van der Waals surface area contributed by atoms with Gasteiger partial charge in [0.2, 0.25) is 0 Å². The van der Waals surface area contributed by atoms with Crippen molar-refractivity contribution < 1.29 is 4.79 Å². The van der Waals surface area contributed by atoms with Crippen LogP contribution >= 0.6 is 0 Å². The second-order valence-electron chi connectivity index (χ2n) is 6.33. The van der Waals surface area contributed by atoms with E-state index in [1.54, 1.807) is 6.20 Å². The molecule has 1 aliphatic heterocycles. The van der Waals surface area contributed by atoms with Crippen molar-refractivity contribution in [3.8, 4) is 0 Å². The monoisotopic (exact) mass is 308 g/mol. The van der Waals surface area contributed by atoms with E-state index in [0.29, 0.717) is 11.7 Å². The highest BCUT2D eigenvalue weighted by molar-refractivity contribution is 5.98. The van der Waals surface area contributed by atoms with Gasteiger partial charge >= 0.3 is 0 Å². The number of H-pyrrole nitrogens is 1. The minimum Gasteiger partial charge on any atom is -0.351 e. The molecule has 3 heterocycles. The molecule has 0 unspecified atom stereocenters. The molecule has 0 bridgehead atoms. The highest BCUT2D eigenvalue weighted by Crippen LogP contribution is 2.24. The molecule has 1 aromatic carbocycles. The number of aromatic amines is 1. The summed E-state index contributed by atoms with van der Waals surface area (Å²) in [5.74, 6) is 0.0867. The molecule has 23 heavy (non-hydrogen) atoms. The van der Waals surface area contributed by atoms with Crippen molar-refractivity contribution >= 4 is 16.8 Å². The zero-order valence-corrected chi connectivity index (χ0v) is 13.2. The van der Waals surface area contributed by atoms with Crippen LogP contribution in [0, 0.1) is 6.92 Å². The first-order chi connectivity index (χ1) is 11.2. The quantitative estimate of drug-likeness (QED) is 0.790. The third-order valence-corrected chi connectivity index (χ3v) is 4.64. The van der Waals surface area contributed by atoms with E-state index in [1.807, 2.05) is 29.6 Å². The lowest BCUT2D eigenvalue weighted by atomic mass is 10.1. The van der Waals surface area contributed by atoms with Crippen LogP contribution in [0.15, 0.2) is 43.0 Å². The summed E-state index contributed by atoms with van der Waals surface area (Å²) < 4.78 is 2.11. The van der Waals surface area contributed by atoms with Gasteiger partial charge in [-0.25, -0.2) is 4.98 Å². The van der Waals surface area contributed by atoms with Crippen molar-refractivity contribution in [3.63, 3.8) is 0 Å². The molecule has 0 radical (unpaired) electrons. The second kappa shape index (κ2) is 5.57. The normalized spacial score (nSPS) is 18.5. The van der Waals surface area contributed by atoms with Gasteiger partial charge in [-0.2, -0.15) is 0 Å². The van der Waals surface area contributed by atoms with E-state index in [2.05, 4.69) is 33.6 Å². The van der Waals surface area contributed by atoms with Gasteiger partial charge in [0.25, 0.3) is 5.91 Å². The van der Waals surface area contributed by atoms with E-state index in [9.17, 15) is 4.79 Å². The summed E-state index contributed by atoms with van der Waals surface area (Å²) in [6, 6.07) is 8.48. The number of benzene rings is 1. The third-order valence-electron chi connectivity index (χ3n) is 4.64. The van der Waals surface area contributed by atoms with Crippen LogP contribution in [0.3, 0.4) is 0 Å². The SMILES string of the molecule is Cc1ccc2[nH]c(C(=O)N3CCC[C@@H](n4ccnc4)C3)cc2c1. The molecule has 5 heteroatoms. The predicted octanol–water partition coefficient (Wildman–Crippen LogP) is 3.15. The van der Waals surface area contributed by atoms with Crippen LogP contribution in [-0.2, 0) is 0 Å². The van der Waals surface area contributed by atoms with Gasteiger partial charge in [0.05, 0.1) is 12.4 Å². The van der Waals surface area contributed by atoms with Gasteiger partial charge in [-0.05, 0) is 38.0 Å². The Morgan fingerprint density at radius 3 is 3.09 bits per heavy atom. The van der Waals surface area contributed by atoms with Crippen molar-refractivity contribution in [2.45, 2.75) is 25.8 Å². The van der Waals surface area contributed by atoms with Crippen LogP contribution in [0.1, 0.15) is 34.9 Å². The number of aromatic nitrogens is 3. The zero-order valence-electron chi connectivity index (χ0n) is 13.2. The Hall–Kier alpha value is -2.56. The lowest BCUT2D eigenvalue weighted by Gasteiger charge is -2.33. The number of piperidine rings is 1.